The van der Waals surface area contributed by atoms with E-state index in [1.54, 1.807) is 0 Å². The van der Waals surface area contributed by atoms with Crippen LogP contribution in [0.1, 0.15) is 16.2 Å². The molecule has 19 heavy (non-hydrogen) atoms. The molecule has 0 aliphatic heterocycles. The molecule has 0 atom stereocenters. The van der Waals surface area contributed by atoms with Crippen molar-refractivity contribution in [1.29, 1.82) is 0 Å². The van der Waals surface area contributed by atoms with Crippen LogP contribution in [0.15, 0.2) is 34.9 Å². The van der Waals surface area contributed by atoms with Crippen LogP contribution in [-0.2, 0) is 6.18 Å². The van der Waals surface area contributed by atoms with Crippen LogP contribution in [-0.4, -0.2) is 10.9 Å². The number of carbonyl (C=O) groups excluding carboxylic acids is 1. The van der Waals surface area contributed by atoms with Gasteiger partial charge in [0, 0.05) is 0 Å². The lowest BCUT2D eigenvalue weighted by Crippen LogP contribution is -2.12. The highest BCUT2D eigenvalue weighted by molar-refractivity contribution is 6.29. The van der Waals surface area contributed by atoms with Crippen LogP contribution >= 0.6 is 11.6 Å². The molecule has 2 rings (SSSR count). The molecule has 0 bridgehead atoms. The van der Waals surface area contributed by atoms with Crippen molar-refractivity contribution in [3.63, 3.8) is 0 Å². The molecule has 0 saturated heterocycles. The molecule has 1 N–H and O–H groups in total. The first-order valence-electron chi connectivity index (χ1n) is 4.96. The molecule has 2 heterocycles. The molecular formula is C11H6ClF3N2O2. The first-order chi connectivity index (χ1) is 8.86. The summed E-state index contributed by atoms with van der Waals surface area (Å²) in [5.41, 5.74) is -0.919. The van der Waals surface area contributed by atoms with E-state index >= 15 is 0 Å². The van der Waals surface area contributed by atoms with E-state index in [9.17, 15) is 18.0 Å². The molecule has 0 aromatic carbocycles. The molecule has 4 nitrogen and oxygen atoms in total. The van der Waals surface area contributed by atoms with E-state index < -0.39 is 17.8 Å². The Hall–Kier alpha value is -2.02. The van der Waals surface area contributed by atoms with Gasteiger partial charge in [-0.2, -0.15) is 13.2 Å². The predicted octanol–water partition coefficient (Wildman–Crippen LogP) is 3.60. The van der Waals surface area contributed by atoms with Gasteiger partial charge in [0.05, 0.1) is 11.9 Å². The summed E-state index contributed by atoms with van der Waals surface area (Å²) >= 11 is 5.49. The summed E-state index contributed by atoms with van der Waals surface area (Å²) in [6.07, 6.45) is -3.61. The summed E-state index contributed by atoms with van der Waals surface area (Å²) < 4.78 is 41.7. The number of carbonyl (C=O) groups is 1. The van der Waals surface area contributed by atoms with E-state index in [0.717, 1.165) is 18.3 Å². The molecule has 0 aliphatic carbocycles. The van der Waals surface area contributed by atoms with Gasteiger partial charge in [-0.15, -0.1) is 0 Å². The first kappa shape index (κ1) is 13.4. The molecule has 0 spiro atoms. The fourth-order valence-corrected chi connectivity index (χ4v) is 1.41. The fraction of sp³-hybridized carbons (Fsp3) is 0.0909. The fourth-order valence-electron chi connectivity index (χ4n) is 1.26. The number of halogens is 4. The number of nitrogens with one attached hydrogen (secondary N) is 1. The van der Waals surface area contributed by atoms with Crippen molar-refractivity contribution in [2.75, 3.05) is 5.32 Å². The minimum atomic E-state index is -4.52. The number of rotatable bonds is 2. The average Bonchev–Trinajstić information content (AvgIpc) is 2.75. The topological polar surface area (TPSA) is 55.1 Å². The monoisotopic (exact) mass is 290 g/mol. The molecule has 0 fully saturated rings. The second-order valence-electron chi connectivity index (χ2n) is 3.49. The summed E-state index contributed by atoms with van der Waals surface area (Å²) in [6.45, 7) is 0. The number of nitrogens with zero attached hydrogens (tertiary/aromatic N) is 1. The molecule has 0 unspecified atom stereocenters. The number of amides is 1. The zero-order valence-corrected chi connectivity index (χ0v) is 9.92. The minimum Gasteiger partial charge on any atom is -0.440 e. The van der Waals surface area contributed by atoms with E-state index in [-0.39, 0.29) is 16.7 Å². The molecule has 0 radical (unpaired) electrons. The van der Waals surface area contributed by atoms with Crippen molar-refractivity contribution in [1.82, 2.24) is 4.98 Å². The maximum absolute atomic E-state index is 12.3. The van der Waals surface area contributed by atoms with Gasteiger partial charge in [-0.25, -0.2) is 4.98 Å². The number of hydrogen-bond acceptors (Lipinski definition) is 3. The van der Waals surface area contributed by atoms with E-state index in [4.69, 9.17) is 16.0 Å². The third kappa shape index (κ3) is 3.25. The second kappa shape index (κ2) is 4.93. The molecule has 1 amide bonds. The van der Waals surface area contributed by atoms with Gasteiger partial charge in [-0.3, -0.25) is 4.79 Å². The highest BCUT2D eigenvalue weighted by Crippen LogP contribution is 2.27. The van der Waals surface area contributed by atoms with Crippen molar-refractivity contribution in [3.05, 3.63) is 47.1 Å². The highest BCUT2D eigenvalue weighted by Gasteiger charge is 2.32. The maximum atomic E-state index is 12.3. The molecule has 0 saturated carbocycles. The summed E-state index contributed by atoms with van der Waals surface area (Å²) in [5, 5.41) is 2.37. The van der Waals surface area contributed by atoms with Crippen molar-refractivity contribution >= 4 is 23.2 Å². The lowest BCUT2D eigenvalue weighted by Gasteiger charge is -2.06. The highest BCUT2D eigenvalue weighted by atomic mass is 35.5. The lowest BCUT2D eigenvalue weighted by atomic mass is 10.3. The van der Waals surface area contributed by atoms with Crippen molar-refractivity contribution < 1.29 is 22.4 Å². The van der Waals surface area contributed by atoms with E-state index in [2.05, 4.69) is 10.3 Å². The normalized spacial score (nSPS) is 11.4. The SMILES string of the molecule is O=C(Nc1ccc(C(F)(F)F)nc1)c1ccc(Cl)o1. The van der Waals surface area contributed by atoms with Gasteiger partial charge in [0.1, 0.15) is 5.69 Å². The molecule has 0 aliphatic rings. The largest absolute Gasteiger partial charge is 0.440 e. The Kier molecular flexibility index (Phi) is 3.48. The summed E-state index contributed by atoms with van der Waals surface area (Å²) in [6, 6.07) is 4.58. The Balaban J connectivity index is 2.10. The minimum absolute atomic E-state index is 0.0377. The van der Waals surface area contributed by atoms with Crippen LogP contribution in [0.5, 0.6) is 0 Å². The Morgan fingerprint density at radius 3 is 2.47 bits per heavy atom. The third-order valence-electron chi connectivity index (χ3n) is 2.11. The van der Waals surface area contributed by atoms with Crippen LogP contribution in [0.4, 0.5) is 18.9 Å². The third-order valence-corrected chi connectivity index (χ3v) is 2.31. The standard InChI is InChI=1S/C11H6ClF3N2O2/c12-9-4-2-7(19-9)10(18)17-6-1-3-8(16-5-6)11(13,14)15/h1-5H,(H,17,18). The van der Waals surface area contributed by atoms with E-state index in [1.165, 1.54) is 12.1 Å². The molecule has 2 aromatic rings. The van der Waals surface area contributed by atoms with Crippen LogP contribution in [0.2, 0.25) is 5.22 Å². The van der Waals surface area contributed by atoms with Gasteiger partial charge >= 0.3 is 6.18 Å². The van der Waals surface area contributed by atoms with Gasteiger partial charge in [0.25, 0.3) is 5.91 Å². The van der Waals surface area contributed by atoms with Crippen molar-refractivity contribution in [3.8, 4) is 0 Å². The van der Waals surface area contributed by atoms with Gasteiger partial charge in [0.15, 0.2) is 11.0 Å². The van der Waals surface area contributed by atoms with Gasteiger partial charge in [0.2, 0.25) is 0 Å². The Labute approximate surface area is 110 Å². The summed E-state index contributed by atoms with van der Waals surface area (Å²) in [4.78, 5) is 14.8. The zero-order chi connectivity index (χ0) is 14.0. The van der Waals surface area contributed by atoms with E-state index in [0.29, 0.717) is 0 Å². The first-order valence-corrected chi connectivity index (χ1v) is 5.34. The van der Waals surface area contributed by atoms with Gasteiger partial charge in [-0.05, 0) is 35.9 Å². The summed E-state index contributed by atoms with van der Waals surface area (Å²) in [7, 11) is 0. The number of furan rings is 1. The quantitative estimate of drug-likeness (QED) is 0.919. The molecule has 100 valence electrons. The average molecular weight is 291 g/mol. The zero-order valence-electron chi connectivity index (χ0n) is 9.16. The number of pyridine rings is 1. The number of aromatic nitrogens is 1. The van der Waals surface area contributed by atoms with E-state index in [1.807, 2.05) is 0 Å². The van der Waals surface area contributed by atoms with Crippen molar-refractivity contribution in [2.24, 2.45) is 0 Å². The molecular weight excluding hydrogens is 285 g/mol. The number of alkyl halides is 3. The van der Waals surface area contributed by atoms with Crippen LogP contribution in [0, 0.1) is 0 Å². The number of hydrogen-bond donors (Lipinski definition) is 1. The summed E-state index contributed by atoms with van der Waals surface area (Å²) in [5.74, 6) is -0.682. The Bertz CT molecular complexity index is 593. The molecule has 2 aromatic heterocycles. The van der Waals surface area contributed by atoms with Crippen LogP contribution in [0.25, 0.3) is 0 Å². The number of anilines is 1. The second-order valence-corrected chi connectivity index (χ2v) is 3.86. The van der Waals surface area contributed by atoms with Crippen molar-refractivity contribution in [2.45, 2.75) is 6.18 Å². The Morgan fingerprint density at radius 1 is 1.26 bits per heavy atom. The van der Waals surface area contributed by atoms with Gasteiger partial charge < -0.3 is 9.73 Å². The smallest absolute Gasteiger partial charge is 0.433 e. The predicted molar refractivity (Wildman–Crippen MR) is 60.9 cm³/mol. The molecule has 8 heteroatoms. The lowest BCUT2D eigenvalue weighted by molar-refractivity contribution is -0.141. The maximum Gasteiger partial charge on any atom is 0.433 e. The van der Waals surface area contributed by atoms with Gasteiger partial charge in [-0.1, -0.05) is 0 Å². The van der Waals surface area contributed by atoms with Crippen LogP contribution < -0.4 is 5.32 Å². The van der Waals surface area contributed by atoms with Crippen LogP contribution in [0.3, 0.4) is 0 Å². The Morgan fingerprint density at radius 2 is 2.00 bits per heavy atom.